The zero-order valence-electron chi connectivity index (χ0n) is 13.2. The normalized spacial score (nSPS) is 10.2. The van der Waals surface area contributed by atoms with Crippen LogP contribution in [0.15, 0.2) is 30.6 Å². The molecular weight excluding hydrogens is 356 g/mol. The molecule has 6 nitrogen and oxygen atoms in total. The molecule has 0 aliphatic heterocycles. The number of nitrogens with one attached hydrogen (secondary N) is 1. The van der Waals surface area contributed by atoms with Crippen LogP contribution in [-0.4, -0.2) is 29.3 Å². The highest BCUT2D eigenvalue weighted by molar-refractivity contribution is 5.93. The van der Waals surface area contributed by atoms with E-state index in [0.717, 1.165) is 6.07 Å². The fraction of sp³-hybridized carbons (Fsp3) is 0.125. The van der Waals surface area contributed by atoms with Gasteiger partial charge >= 0.3 is 0 Å². The van der Waals surface area contributed by atoms with Crippen LogP contribution in [0.4, 0.5) is 20.3 Å². The number of nitrogens with zero attached hydrogens (tertiary/aromatic N) is 2. The van der Waals surface area contributed by atoms with Gasteiger partial charge in [-0.25, -0.2) is 18.7 Å². The van der Waals surface area contributed by atoms with Crippen LogP contribution in [0.25, 0.3) is 10.9 Å². The van der Waals surface area contributed by atoms with Crippen molar-refractivity contribution in [1.82, 2.24) is 9.97 Å². The van der Waals surface area contributed by atoms with Crippen molar-refractivity contribution in [3.05, 3.63) is 42.2 Å². The number of aromatic nitrogens is 2. The molecule has 1 heterocycles. The number of phenols is 1. The molecule has 0 amide bonds. The molecule has 0 aliphatic carbocycles. The average Bonchev–Trinajstić information content (AvgIpc) is 2.61. The van der Waals surface area contributed by atoms with Crippen molar-refractivity contribution in [2.24, 2.45) is 0 Å². The van der Waals surface area contributed by atoms with E-state index in [1.165, 1.54) is 26.6 Å². The first kappa shape index (κ1) is 18.5. The third-order valence-electron chi connectivity index (χ3n) is 3.46. The summed E-state index contributed by atoms with van der Waals surface area (Å²) in [6.07, 6.45) is 1.29. The average molecular weight is 370 g/mol. The van der Waals surface area contributed by atoms with Gasteiger partial charge in [-0.2, -0.15) is 0 Å². The van der Waals surface area contributed by atoms with Crippen LogP contribution in [0.1, 0.15) is 0 Å². The summed E-state index contributed by atoms with van der Waals surface area (Å²) in [7, 11) is 2.99. The van der Waals surface area contributed by atoms with E-state index in [0.29, 0.717) is 22.4 Å². The minimum absolute atomic E-state index is 0. The van der Waals surface area contributed by atoms with Crippen molar-refractivity contribution in [3.8, 4) is 17.2 Å². The molecule has 0 spiro atoms. The Hall–Kier alpha value is -2.87. The number of ether oxygens (including phenoxy) is 2. The van der Waals surface area contributed by atoms with Gasteiger partial charge in [-0.3, -0.25) is 0 Å². The zero-order valence-corrected chi connectivity index (χ0v) is 14.0. The number of halogens is 3. The van der Waals surface area contributed by atoms with E-state index in [9.17, 15) is 13.9 Å². The minimum atomic E-state index is -1.11. The smallest absolute Gasteiger partial charge is 0.191 e. The van der Waals surface area contributed by atoms with Gasteiger partial charge in [0.1, 0.15) is 12.1 Å². The van der Waals surface area contributed by atoms with Crippen LogP contribution in [0.5, 0.6) is 17.2 Å². The van der Waals surface area contributed by atoms with Gasteiger partial charge in [-0.15, -0.1) is 12.4 Å². The van der Waals surface area contributed by atoms with Gasteiger partial charge in [0.15, 0.2) is 28.9 Å². The monoisotopic (exact) mass is 369 g/mol. The number of fused-ring (bicyclic) bond motifs is 1. The fourth-order valence-electron chi connectivity index (χ4n) is 2.25. The zero-order chi connectivity index (χ0) is 17.3. The topological polar surface area (TPSA) is 76.5 Å². The summed E-state index contributed by atoms with van der Waals surface area (Å²) in [5, 5.41) is 12.6. The molecule has 3 aromatic rings. The van der Waals surface area contributed by atoms with E-state index in [1.54, 1.807) is 12.1 Å². The van der Waals surface area contributed by atoms with Crippen LogP contribution in [0.2, 0.25) is 0 Å². The molecule has 0 bridgehead atoms. The summed E-state index contributed by atoms with van der Waals surface area (Å²) >= 11 is 0. The van der Waals surface area contributed by atoms with E-state index in [2.05, 4.69) is 15.3 Å². The van der Waals surface area contributed by atoms with Crippen molar-refractivity contribution in [2.75, 3.05) is 19.5 Å². The van der Waals surface area contributed by atoms with E-state index in [1.807, 2.05) is 0 Å². The van der Waals surface area contributed by atoms with Gasteiger partial charge < -0.3 is 19.9 Å². The Morgan fingerprint density at radius 2 is 1.72 bits per heavy atom. The third-order valence-corrected chi connectivity index (χ3v) is 3.46. The maximum atomic E-state index is 14.0. The maximum Gasteiger partial charge on any atom is 0.191 e. The van der Waals surface area contributed by atoms with Crippen molar-refractivity contribution in [2.45, 2.75) is 0 Å². The van der Waals surface area contributed by atoms with Crippen LogP contribution in [0, 0.1) is 11.6 Å². The molecule has 1 aromatic heterocycles. The molecule has 2 N–H and O–H groups in total. The highest BCUT2D eigenvalue weighted by atomic mass is 35.5. The van der Waals surface area contributed by atoms with Gasteiger partial charge in [0.25, 0.3) is 0 Å². The standard InChI is InChI=1S/C16H13F2N3O3.ClH/c1-23-12-5-8-11(6-13(12)24-2)19-7-20-16(8)21-10-4-3-9(17)15(22)14(10)18;/h3-7,22H,1-2H3,(H,19,20,21);1H. The van der Waals surface area contributed by atoms with Crippen molar-refractivity contribution < 1.29 is 23.4 Å². The quantitative estimate of drug-likeness (QED) is 0.728. The van der Waals surface area contributed by atoms with Crippen LogP contribution < -0.4 is 14.8 Å². The largest absolute Gasteiger partial charge is 0.503 e. The van der Waals surface area contributed by atoms with Gasteiger partial charge in [0.05, 0.1) is 25.4 Å². The first-order chi connectivity index (χ1) is 11.5. The molecule has 132 valence electrons. The number of aromatic hydroxyl groups is 1. The third kappa shape index (κ3) is 3.34. The molecule has 3 rings (SSSR count). The highest BCUT2D eigenvalue weighted by Crippen LogP contribution is 2.35. The summed E-state index contributed by atoms with van der Waals surface area (Å²) in [6.45, 7) is 0. The first-order valence-electron chi connectivity index (χ1n) is 6.86. The van der Waals surface area contributed by atoms with Gasteiger partial charge in [0.2, 0.25) is 0 Å². The Morgan fingerprint density at radius 3 is 2.40 bits per heavy atom. The number of benzene rings is 2. The van der Waals surface area contributed by atoms with E-state index in [4.69, 9.17) is 9.47 Å². The number of hydrogen-bond acceptors (Lipinski definition) is 6. The summed E-state index contributed by atoms with van der Waals surface area (Å²) in [5.41, 5.74) is 0.417. The van der Waals surface area contributed by atoms with E-state index < -0.39 is 17.4 Å². The lowest BCUT2D eigenvalue weighted by Crippen LogP contribution is -2.00. The summed E-state index contributed by atoms with van der Waals surface area (Å²) in [4.78, 5) is 8.20. The Balaban J connectivity index is 0.00000225. The summed E-state index contributed by atoms with van der Waals surface area (Å²) < 4.78 is 37.6. The van der Waals surface area contributed by atoms with E-state index in [-0.39, 0.29) is 23.9 Å². The molecule has 25 heavy (non-hydrogen) atoms. The fourth-order valence-corrected chi connectivity index (χ4v) is 2.25. The Labute approximate surface area is 147 Å². The molecule has 0 saturated heterocycles. The van der Waals surface area contributed by atoms with Gasteiger partial charge in [-0.1, -0.05) is 0 Å². The van der Waals surface area contributed by atoms with Crippen LogP contribution in [0.3, 0.4) is 0 Å². The predicted octanol–water partition coefficient (Wildman–Crippen LogP) is 3.80. The molecule has 0 atom stereocenters. The predicted molar refractivity (Wildman–Crippen MR) is 91.2 cm³/mol. The first-order valence-corrected chi connectivity index (χ1v) is 6.86. The lowest BCUT2D eigenvalue weighted by Gasteiger charge is -2.12. The summed E-state index contributed by atoms with van der Waals surface area (Å²) in [5.74, 6) is -2.01. The van der Waals surface area contributed by atoms with E-state index >= 15 is 0 Å². The van der Waals surface area contributed by atoms with Crippen LogP contribution >= 0.6 is 12.4 Å². The van der Waals surface area contributed by atoms with Gasteiger partial charge in [-0.05, 0) is 18.2 Å². The Kier molecular flexibility index (Phi) is 5.43. The number of methoxy groups -OCH3 is 2. The second-order valence-corrected chi connectivity index (χ2v) is 4.83. The van der Waals surface area contributed by atoms with Crippen LogP contribution in [-0.2, 0) is 0 Å². The van der Waals surface area contributed by atoms with Crippen molar-refractivity contribution in [3.63, 3.8) is 0 Å². The second kappa shape index (κ2) is 7.35. The molecule has 9 heteroatoms. The number of phenolic OH excluding ortho intramolecular Hbond substituents is 1. The number of hydrogen-bond donors (Lipinski definition) is 2. The molecular formula is C16H14ClF2N3O3. The maximum absolute atomic E-state index is 14.0. The van der Waals surface area contributed by atoms with Crippen molar-refractivity contribution >= 4 is 34.8 Å². The SMILES string of the molecule is COc1cc2ncnc(Nc3ccc(F)c(O)c3F)c2cc1OC.Cl. The lowest BCUT2D eigenvalue weighted by atomic mass is 10.2. The molecule has 0 saturated carbocycles. The second-order valence-electron chi connectivity index (χ2n) is 4.83. The molecule has 2 aromatic carbocycles. The number of anilines is 2. The molecule has 0 unspecified atom stereocenters. The summed E-state index contributed by atoms with van der Waals surface area (Å²) in [6, 6.07) is 5.41. The molecule has 0 fully saturated rings. The molecule has 0 aliphatic rings. The van der Waals surface area contributed by atoms with Crippen molar-refractivity contribution in [1.29, 1.82) is 0 Å². The Morgan fingerprint density at radius 1 is 1.04 bits per heavy atom. The highest BCUT2D eigenvalue weighted by Gasteiger charge is 2.15. The number of rotatable bonds is 4. The lowest BCUT2D eigenvalue weighted by molar-refractivity contribution is 0.356. The molecule has 0 radical (unpaired) electrons. The Bertz CT molecular complexity index is 925. The minimum Gasteiger partial charge on any atom is -0.503 e. The van der Waals surface area contributed by atoms with Gasteiger partial charge in [0, 0.05) is 11.5 Å².